The highest BCUT2D eigenvalue weighted by atomic mass is 127. The lowest BCUT2D eigenvalue weighted by Gasteiger charge is -1.80. The van der Waals surface area contributed by atoms with Crippen molar-refractivity contribution in [1.82, 2.24) is 0 Å². The van der Waals surface area contributed by atoms with Crippen LogP contribution in [-0.2, 0) is 0 Å². The van der Waals surface area contributed by atoms with E-state index < -0.39 is 0 Å². The van der Waals surface area contributed by atoms with Crippen molar-refractivity contribution < 1.29 is 0 Å². The molecule has 1 heteroatoms. The maximum Gasteiger partial charge on any atom is 0.0130 e. The summed E-state index contributed by atoms with van der Waals surface area (Å²) in [6, 6.07) is 10.2. The molecule has 0 unspecified atom stereocenters. The van der Waals surface area contributed by atoms with Gasteiger partial charge in [-0.3, -0.25) is 0 Å². The van der Waals surface area contributed by atoms with E-state index in [9.17, 15) is 0 Å². The van der Waals surface area contributed by atoms with Crippen molar-refractivity contribution in [3.63, 3.8) is 0 Å². The second kappa shape index (κ2) is 2.31. The van der Waals surface area contributed by atoms with Gasteiger partial charge in [0, 0.05) is 3.57 Å². The summed E-state index contributed by atoms with van der Waals surface area (Å²) in [6.07, 6.45) is 0. The third-order valence-corrected chi connectivity index (χ3v) is 1.45. The van der Waals surface area contributed by atoms with E-state index in [1.807, 2.05) is 18.2 Å². The lowest BCUT2D eigenvalue weighted by atomic mass is 12.4. The Morgan fingerprint density at radius 2 is 1.57 bits per heavy atom. The van der Waals surface area contributed by atoms with Gasteiger partial charge in [-0.1, -0.05) is 18.2 Å². The van der Waals surface area contributed by atoms with Crippen molar-refractivity contribution in [3.8, 4) is 0 Å². The molecule has 0 aliphatic carbocycles. The van der Waals surface area contributed by atoms with E-state index in [0.717, 1.165) is 0 Å². The van der Waals surface area contributed by atoms with Gasteiger partial charge in [0.15, 0.2) is 0 Å². The first-order valence-electron chi connectivity index (χ1n) is 2.10. The van der Waals surface area contributed by atoms with Crippen molar-refractivity contribution in [2.75, 3.05) is 0 Å². The maximum atomic E-state index is 2.28. The fourth-order valence-electron chi connectivity index (χ4n) is 0.415. The SMILES string of the molecule is I[14c]1[14cH][14cH][14cH][14cH][14cH]1. The van der Waals surface area contributed by atoms with Crippen LogP contribution in [0.25, 0.3) is 0 Å². The molecule has 0 amide bonds. The predicted octanol–water partition coefficient (Wildman–Crippen LogP) is 2.29. The van der Waals surface area contributed by atoms with Gasteiger partial charge in [-0.15, -0.1) is 0 Å². The standard InChI is InChI=1S/C6H5I/c7-6-4-2-1-3-5-6/h1-5H/i1+2,2+2,3+2,4+2,5+2,6+2. The number of hydrogen-bond acceptors (Lipinski definition) is 0. The Balaban J connectivity index is 3.02. The zero-order valence-corrected chi connectivity index (χ0v) is 5.92. The van der Waals surface area contributed by atoms with Gasteiger partial charge in [0.05, 0.1) is 0 Å². The molecule has 0 bridgehead atoms. The van der Waals surface area contributed by atoms with E-state index >= 15 is 0 Å². The summed E-state index contributed by atoms with van der Waals surface area (Å²) in [5.74, 6) is 0. The van der Waals surface area contributed by atoms with Crippen molar-refractivity contribution in [1.29, 1.82) is 0 Å². The first kappa shape index (κ1) is 5.09. The molecule has 0 saturated heterocycles. The fourth-order valence-corrected chi connectivity index (χ4v) is 0.830. The quantitative estimate of drug-likeness (QED) is 0.583. The topological polar surface area (TPSA) is 0 Å². The fraction of sp³-hybridized carbons (Fsp3) is 0. The van der Waals surface area contributed by atoms with Crippen molar-refractivity contribution >= 4 is 22.6 Å². The molecular weight excluding hydrogens is 211 g/mol. The Morgan fingerprint density at radius 3 is 1.86 bits per heavy atom. The van der Waals surface area contributed by atoms with E-state index in [2.05, 4.69) is 34.7 Å². The minimum absolute atomic E-state index is 1.29. The number of halogens is 1. The third kappa shape index (κ3) is 1.47. The monoisotopic (exact) mass is 216 g/mol. The molecule has 36 valence electrons. The highest BCUT2D eigenvalue weighted by Gasteiger charge is 1.74. The molecule has 0 aliphatic rings. The number of rotatable bonds is 0. The Bertz CT molecular complexity index is 134. The molecular formula is C6H5I. The molecule has 0 aromatic heterocycles. The van der Waals surface area contributed by atoms with Crippen molar-refractivity contribution in [2.45, 2.75) is 0 Å². The molecule has 0 heterocycles. The summed E-state index contributed by atoms with van der Waals surface area (Å²) in [5.41, 5.74) is 0. The van der Waals surface area contributed by atoms with Gasteiger partial charge in [-0.05, 0) is 34.7 Å². The highest BCUT2D eigenvalue weighted by molar-refractivity contribution is 14.1. The molecule has 0 atom stereocenters. The summed E-state index contributed by atoms with van der Waals surface area (Å²) in [7, 11) is 0. The minimum Gasteiger partial charge on any atom is -0.0622 e. The molecule has 0 saturated carbocycles. The van der Waals surface area contributed by atoms with Crippen LogP contribution in [0.2, 0.25) is 0 Å². The minimum atomic E-state index is 1.29. The smallest absolute Gasteiger partial charge is 0.0130 e. The van der Waals surface area contributed by atoms with Crippen molar-refractivity contribution in [2.24, 2.45) is 0 Å². The molecule has 1 aromatic rings. The van der Waals surface area contributed by atoms with Crippen LogP contribution >= 0.6 is 22.6 Å². The Labute approximate surface area is 56.7 Å². The highest BCUT2D eigenvalue weighted by Crippen LogP contribution is 1.99. The Hall–Kier alpha value is -0.0500. The summed E-state index contributed by atoms with van der Waals surface area (Å²) < 4.78 is 1.29. The van der Waals surface area contributed by atoms with Gasteiger partial charge in [-0.2, -0.15) is 0 Å². The molecule has 0 aliphatic heterocycles. The summed E-state index contributed by atoms with van der Waals surface area (Å²) in [5, 5.41) is 0. The summed E-state index contributed by atoms with van der Waals surface area (Å²) in [4.78, 5) is 0. The van der Waals surface area contributed by atoms with Crippen LogP contribution in [0.15, 0.2) is 30.3 Å². The summed E-state index contributed by atoms with van der Waals surface area (Å²) in [6.45, 7) is 0. The van der Waals surface area contributed by atoms with Crippen LogP contribution in [0.4, 0.5) is 0 Å². The second-order valence-electron chi connectivity index (χ2n) is 1.30. The van der Waals surface area contributed by atoms with Crippen LogP contribution in [0.5, 0.6) is 0 Å². The molecule has 0 nitrogen and oxygen atoms in total. The third-order valence-electron chi connectivity index (χ3n) is 0.733. The molecule has 0 radical (unpaired) electrons. The largest absolute Gasteiger partial charge is 0.0622 e. The maximum absolute atomic E-state index is 2.28. The van der Waals surface area contributed by atoms with Gasteiger partial charge in [-0.25, -0.2) is 0 Å². The van der Waals surface area contributed by atoms with Gasteiger partial charge in [0.25, 0.3) is 0 Å². The second-order valence-corrected chi connectivity index (χ2v) is 2.54. The molecule has 0 N–H and O–H groups in total. The zero-order chi connectivity index (χ0) is 5.11. The van der Waals surface area contributed by atoms with E-state index in [4.69, 9.17) is 0 Å². The van der Waals surface area contributed by atoms with Crippen LogP contribution in [0, 0.1) is 3.57 Å². The van der Waals surface area contributed by atoms with E-state index in [-0.39, 0.29) is 0 Å². The average Bonchev–Trinajstić information content (AvgIpc) is 1.69. The average molecular weight is 216 g/mol. The van der Waals surface area contributed by atoms with E-state index in [0.29, 0.717) is 0 Å². The van der Waals surface area contributed by atoms with Crippen LogP contribution < -0.4 is 0 Å². The van der Waals surface area contributed by atoms with Crippen LogP contribution in [0.3, 0.4) is 0 Å². The molecule has 1 rings (SSSR count). The summed E-state index contributed by atoms with van der Waals surface area (Å²) >= 11 is 2.28. The lowest BCUT2D eigenvalue weighted by Crippen LogP contribution is -1.61. The van der Waals surface area contributed by atoms with Gasteiger partial charge < -0.3 is 0 Å². The normalized spacial score (nSPS) is 8.71. The van der Waals surface area contributed by atoms with E-state index in [1.165, 1.54) is 3.57 Å². The first-order chi connectivity index (χ1) is 3.39. The number of benzene rings is 1. The van der Waals surface area contributed by atoms with Crippen LogP contribution in [-0.4, -0.2) is 0 Å². The van der Waals surface area contributed by atoms with Gasteiger partial charge >= 0.3 is 0 Å². The zero-order valence-electron chi connectivity index (χ0n) is 3.76. The first-order valence-corrected chi connectivity index (χ1v) is 3.18. The van der Waals surface area contributed by atoms with Crippen LogP contribution in [0.1, 0.15) is 0 Å². The molecule has 1 aromatic carbocycles. The number of hydrogen-bond donors (Lipinski definition) is 0. The van der Waals surface area contributed by atoms with E-state index in [1.54, 1.807) is 0 Å². The predicted molar refractivity (Wildman–Crippen MR) is 39.2 cm³/mol. The Kier molecular flexibility index (Phi) is 1.68. The Morgan fingerprint density at radius 1 is 1.00 bits per heavy atom. The molecule has 0 fully saturated rings. The van der Waals surface area contributed by atoms with Gasteiger partial charge in [0.1, 0.15) is 0 Å². The van der Waals surface area contributed by atoms with Crippen molar-refractivity contribution in [3.05, 3.63) is 33.9 Å². The van der Waals surface area contributed by atoms with Gasteiger partial charge in [0.2, 0.25) is 0 Å². The molecule has 0 spiro atoms. The molecule has 7 heavy (non-hydrogen) atoms. The lowest BCUT2D eigenvalue weighted by molar-refractivity contribution is 1.65.